The van der Waals surface area contributed by atoms with Crippen LogP contribution in [0, 0.1) is 17.0 Å². The summed E-state index contributed by atoms with van der Waals surface area (Å²) in [5.41, 5.74) is 1.49. The van der Waals surface area contributed by atoms with Gasteiger partial charge in [0.1, 0.15) is 0 Å². The predicted molar refractivity (Wildman–Crippen MR) is 87.1 cm³/mol. The molecular weight excluding hydrogens is 318 g/mol. The zero-order valence-electron chi connectivity index (χ0n) is 11.9. The molecule has 23 heavy (non-hydrogen) atoms. The van der Waals surface area contributed by atoms with Crippen LogP contribution in [0.25, 0.3) is 10.2 Å². The van der Waals surface area contributed by atoms with Gasteiger partial charge in [0, 0.05) is 11.6 Å². The standard InChI is InChI=1S/C15H11N3O4S/c1-8-3-2-4-12-13(8)16-15(23-12)17-14(20)9-5-6-10(18(21)22)11(19)7-9/h2-7,19H,1H3,(H,16,17,20). The van der Waals surface area contributed by atoms with E-state index in [1.54, 1.807) is 0 Å². The van der Waals surface area contributed by atoms with Crippen molar-refractivity contribution in [1.82, 2.24) is 4.98 Å². The maximum absolute atomic E-state index is 12.2. The second kappa shape index (κ2) is 5.65. The fourth-order valence-electron chi connectivity index (χ4n) is 2.13. The van der Waals surface area contributed by atoms with Crippen molar-refractivity contribution in [1.29, 1.82) is 0 Å². The van der Waals surface area contributed by atoms with E-state index in [0.29, 0.717) is 5.13 Å². The van der Waals surface area contributed by atoms with Gasteiger partial charge in [0.05, 0.1) is 15.1 Å². The molecule has 3 rings (SSSR count). The van der Waals surface area contributed by atoms with Gasteiger partial charge in [-0.05, 0) is 30.7 Å². The van der Waals surface area contributed by atoms with Crippen molar-refractivity contribution in [3.8, 4) is 5.75 Å². The lowest BCUT2D eigenvalue weighted by Crippen LogP contribution is -2.11. The molecule has 0 unspecified atom stereocenters. The lowest BCUT2D eigenvalue weighted by Gasteiger charge is -2.02. The number of para-hydroxylation sites is 1. The van der Waals surface area contributed by atoms with Crippen LogP contribution in [0.5, 0.6) is 5.75 Å². The fraction of sp³-hybridized carbons (Fsp3) is 0.0667. The molecule has 2 aromatic carbocycles. The van der Waals surface area contributed by atoms with E-state index in [4.69, 9.17) is 0 Å². The summed E-state index contributed by atoms with van der Waals surface area (Å²) in [4.78, 5) is 26.5. The average molecular weight is 329 g/mol. The minimum absolute atomic E-state index is 0.115. The van der Waals surface area contributed by atoms with E-state index in [2.05, 4.69) is 10.3 Å². The van der Waals surface area contributed by atoms with Gasteiger partial charge in [0.25, 0.3) is 5.91 Å². The molecule has 0 atom stereocenters. The van der Waals surface area contributed by atoms with E-state index in [0.717, 1.165) is 27.9 Å². The van der Waals surface area contributed by atoms with Crippen LogP contribution < -0.4 is 5.32 Å². The summed E-state index contributed by atoms with van der Waals surface area (Å²) in [6.07, 6.45) is 0. The molecule has 0 spiro atoms. The number of amides is 1. The lowest BCUT2D eigenvalue weighted by atomic mass is 10.2. The third kappa shape index (κ3) is 2.84. The highest BCUT2D eigenvalue weighted by Gasteiger charge is 2.17. The molecule has 0 saturated carbocycles. The van der Waals surface area contributed by atoms with Crippen LogP contribution in [0.2, 0.25) is 0 Å². The number of hydrogen-bond acceptors (Lipinski definition) is 6. The summed E-state index contributed by atoms with van der Waals surface area (Å²) in [6, 6.07) is 9.19. The number of thiazole rings is 1. The first-order valence-electron chi connectivity index (χ1n) is 6.60. The normalized spacial score (nSPS) is 10.7. The molecule has 3 aromatic rings. The number of carbonyl (C=O) groups excluding carboxylic acids is 1. The molecule has 7 nitrogen and oxygen atoms in total. The summed E-state index contributed by atoms with van der Waals surface area (Å²) >= 11 is 1.33. The Morgan fingerprint density at radius 3 is 2.78 bits per heavy atom. The molecule has 1 aromatic heterocycles. The first kappa shape index (κ1) is 14.9. The second-order valence-corrected chi connectivity index (χ2v) is 5.89. The molecule has 8 heteroatoms. The maximum Gasteiger partial charge on any atom is 0.310 e. The number of hydrogen-bond donors (Lipinski definition) is 2. The van der Waals surface area contributed by atoms with E-state index in [-0.39, 0.29) is 5.56 Å². The van der Waals surface area contributed by atoms with Gasteiger partial charge in [-0.2, -0.15) is 0 Å². The van der Waals surface area contributed by atoms with Gasteiger partial charge in [-0.1, -0.05) is 23.5 Å². The number of nitro benzene ring substituents is 1. The molecule has 0 saturated heterocycles. The van der Waals surface area contributed by atoms with Gasteiger partial charge in [-0.3, -0.25) is 20.2 Å². The lowest BCUT2D eigenvalue weighted by molar-refractivity contribution is -0.385. The topological polar surface area (TPSA) is 105 Å². The number of fused-ring (bicyclic) bond motifs is 1. The molecule has 1 amide bonds. The zero-order valence-corrected chi connectivity index (χ0v) is 12.8. The predicted octanol–water partition coefficient (Wildman–Crippen LogP) is 3.47. The van der Waals surface area contributed by atoms with E-state index in [1.807, 2.05) is 25.1 Å². The monoisotopic (exact) mass is 329 g/mol. The number of rotatable bonds is 3. The Kier molecular flexibility index (Phi) is 3.67. The molecule has 0 aliphatic rings. The van der Waals surface area contributed by atoms with Crippen LogP contribution in [0.4, 0.5) is 10.8 Å². The van der Waals surface area contributed by atoms with Gasteiger partial charge in [0.2, 0.25) is 0 Å². The minimum atomic E-state index is -0.715. The highest BCUT2D eigenvalue weighted by atomic mass is 32.1. The van der Waals surface area contributed by atoms with E-state index in [9.17, 15) is 20.0 Å². The molecule has 116 valence electrons. The SMILES string of the molecule is Cc1cccc2sc(NC(=O)c3ccc([N+](=O)[O-])c(O)c3)nc12. The van der Waals surface area contributed by atoms with Crippen molar-refractivity contribution in [2.75, 3.05) is 5.32 Å². The largest absolute Gasteiger partial charge is 0.502 e. The van der Waals surface area contributed by atoms with Gasteiger partial charge in [-0.25, -0.2) is 4.98 Å². The Morgan fingerprint density at radius 1 is 1.35 bits per heavy atom. The highest BCUT2D eigenvalue weighted by Crippen LogP contribution is 2.29. The molecule has 0 aliphatic carbocycles. The van der Waals surface area contributed by atoms with E-state index < -0.39 is 22.3 Å². The van der Waals surface area contributed by atoms with Gasteiger partial charge < -0.3 is 5.11 Å². The number of aromatic hydroxyl groups is 1. The van der Waals surface area contributed by atoms with Gasteiger partial charge >= 0.3 is 5.69 Å². The number of phenolic OH excluding ortho intramolecular Hbond substituents is 1. The number of phenols is 1. The number of aromatic nitrogens is 1. The van der Waals surface area contributed by atoms with Crippen molar-refractivity contribution >= 4 is 38.3 Å². The van der Waals surface area contributed by atoms with Gasteiger partial charge in [-0.15, -0.1) is 0 Å². The Hall–Kier alpha value is -3.00. The molecule has 0 radical (unpaired) electrons. The first-order valence-corrected chi connectivity index (χ1v) is 7.42. The molecule has 1 heterocycles. The van der Waals surface area contributed by atoms with Crippen LogP contribution in [0.1, 0.15) is 15.9 Å². The Balaban J connectivity index is 1.87. The first-order chi connectivity index (χ1) is 11.0. The maximum atomic E-state index is 12.2. The van der Waals surface area contributed by atoms with Crippen molar-refractivity contribution < 1.29 is 14.8 Å². The van der Waals surface area contributed by atoms with Crippen LogP contribution >= 0.6 is 11.3 Å². The summed E-state index contributed by atoms with van der Waals surface area (Å²) < 4.78 is 0.951. The number of benzene rings is 2. The number of nitro groups is 1. The molecular formula is C15H11N3O4S. The van der Waals surface area contributed by atoms with Crippen LogP contribution in [-0.2, 0) is 0 Å². The average Bonchev–Trinajstić information content (AvgIpc) is 2.90. The zero-order chi connectivity index (χ0) is 16.6. The van der Waals surface area contributed by atoms with Crippen molar-refractivity contribution in [2.24, 2.45) is 0 Å². The summed E-state index contributed by atoms with van der Waals surface area (Å²) in [5.74, 6) is -1.05. The summed E-state index contributed by atoms with van der Waals surface area (Å²) in [6.45, 7) is 1.93. The highest BCUT2D eigenvalue weighted by molar-refractivity contribution is 7.22. The quantitative estimate of drug-likeness (QED) is 0.565. The number of aryl methyl sites for hydroxylation is 1. The molecule has 0 fully saturated rings. The fourth-order valence-corrected chi connectivity index (χ4v) is 3.07. The Labute approximate surface area is 134 Å². The van der Waals surface area contributed by atoms with Crippen molar-refractivity contribution in [2.45, 2.75) is 6.92 Å². The Morgan fingerprint density at radius 2 is 2.13 bits per heavy atom. The van der Waals surface area contributed by atoms with Crippen LogP contribution in [0.3, 0.4) is 0 Å². The van der Waals surface area contributed by atoms with Crippen molar-refractivity contribution in [3.05, 3.63) is 57.6 Å². The van der Waals surface area contributed by atoms with Crippen molar-refractivity contribution in [3.63, 3.8) is 0 Å². The third-order valence-corrected chi connectivity index (χ3v) is 4.21. The molecule has 2 N–H and O–H groups in total. The number of anilines is 1. The van der Waals surface area contributed by atoms with E-state index in [1.165, 1.54) is 17.4 Å². The second-order valence-electron chi connectivity index (χ2n) is 4.86. The number of carbonyl (C=O) groups is 1. The van der Waals surface area contributed by atoms with Gasteiger partial charge in [0.15, 0.2) is 10.9 Å². The number of nitrogens with one attached hydrogen (secondary N) is 1. The Bertz CT molecular complexity index is 936. The van der Waals surface area contributed by atoms with Crippen LogP contribution in [-0.4, -0.2) is 20.9 Å². The molecule has 0 aliphatic heterocycles. The minimum Gasteiger partial charge on any atom is -0.502 e. The number of nitrogens with zero attached hydrogens (tertiary/aromatic N) is 2. The summed E-state index contributed by atoms with van der Waals surface area (Å²) in [7, 11) is 0. The third-order valence-electron chi connectivity index (χ3n) is 3.28. The van der Waals surface area contributed by atoms with E-state index >= 15 is 0 Å². The van der Waals surface area contributed by atoms with Crippen LogP contribution in [0.15, 0.2) is 36.4 Å². The summed E-state index contributed by atoms with van der Waals surface area (Å²) in [5, 5.41) is 23.3. The smallest absolute Gasteiger partial charge is 0.310 e. The molecule has 0 bridgehead atoms.